The second kappa shape index (κ2) is 9.93. The number of methoxy groups -OCH3 is 1. The molecule has 4 unspecified atom stereocenters. The molecular formula is C23H40N4O6. The van der Waals surface area contributed by atoms with Crippen molar-refractivity contribution in [3.63, 3.8) is 0 Å². The number of carbonyl (C=O) groups is 2. The molecule has 3 heterocycles. The third kappa shape index (κ3) is 4.94. The number of rotatable bonds is 5. The first-order chi connectivity index (χ1) is 15.8. The van der Waals surface area contributed by atoms with Crippen LogP contribution in [0.15, 0.2) is 0 Å². The van der Waals surface area contributed by atoms with E-state index in [1.54, 1.807) is 0 Å². The molecule has 4 fully saturated rings. The molecule has 2 N–H and O–H groups in total. The van der Waals surface area contributed by atoms with E-state index in [1.165, 1.54) is 7.11 Å². The topological polar surface area (TPSA) is 104 Å². The number of hydrogen-bond donors (Lipinski definition) is 2. The van der Waals surface area contributed by atoms with Crippen molar-refractivity contribution in [2.75, 3.05) is 53.1 Å². The van der Waals surface area contributed by atoms with Crippen LogP contribution in [-0.2, 0) is 14.2 Å². The summed E-state index contributed by atoms with van der Waals surface area (Å²) in [5.74, 6) is 0.894. The van der Waals surface area contributed by atoms with Gasteiger partial charge in [-0.15, -0.1) is 0 Å². The molecule has 0 aromatic carbocycles. The summed E-state index contributed by atoms with van der Waals surface area (Å²) in [6.45, 7) is 10.1. The maximum atomic E-state index is 13.0. The molecular weight excluding hydrogens is 428 g/mol. The van der Waals surface area contributed by atoms with Gasteiger partial charge < -0.3 is 24.2 Å². The van der Waals surface area contributed by atoms with Gasteiger partial charge in [-0.2, -0.15) is 0 Å². The molecule has 33 heavy (non-hydrogen) atoms. The summed E-state index contributed by atoms with van der Waals surface area (Å²) in [6.07, 6.45) is 1.88. The van der Waals surface area contributed by atoms with Crippen LogP contribution < -0.4 is 5.43 Å². The Kier molecular flexibility index (Phi) is 7.38. The number of amides is 2. The van der Waals surface area contributed by atoms with Crippen LogP contribution in [-0.4, -0.2) is 109 Å². The minimum Gasteiger partial charge on any atom is -0.453 e. The Morgan fingerprint density at radius 3 is 2.52 bits per heavy atom. The molecule has 4 aliphatic rings. The van der Waals surface area contributed by atoms with Gasteiger partial charge in [-0.05, 0) is 51.9 Å². The molecule has 0 radical (unpaired) electrons. The third-order valence-corrected chi connectivity index (χ3v) is 7.85. The Bertz CT molecular complexity index is 712. The van der Waals surface area contributed by atoms with Gasteiger partial charge in [-0.3, -0.25) is 10.3 Å². The summed E-state index contributed by atoms with van der Waals surface area (Å²) in [7, 11) is 1.42. The summed E-state index contributed by atoms with van der Waals surface area (Å²) in [4.78, 5) is 29.3. The minimum absolute atomic E-state index is 0.0626. The van der Waals surface area contributed by atoms with Crippen LogP contribution in [0.25, 0.3) is 0 Å². The van der Waals surface area contributed by atoms with Crippen molar-refractivity contribution >= 4 is 12.2 Å². The fourth-order valence-electron chi connectivity index (χ4n) is 6.11. The number of aliphatic hydroxyl groups is 1. The zero-order valence-electron chi connectivity index (χ0n) is 20.4. The van der Waals surface area contributed by atoms with E-state index in [1.807, 2.05) is 30.6 Å². The van der Waals surface area contributed by atoms with Crippen molar-refractivity contribution in [3.05, 3.63) is 0 Å². The van der Waals surface area contributed by atoms with Gasteiger partial charge >= 0.3 is 12.2 Å². The van der Waals surface area contributed by atoms with Crippen molar-refractivity contribution in [3.8, 4) is 0 Å². The summed E-state index contributed by atoms with van der Waals surface area (Å²) in [5, 5.41) is 12.0. The Morgan fingerprint density at radius 2 is 1.91 bits per heavy atom. The van der Waals surface area contributed by atoms with Crippen molar-refractivity contribution in [1.82, 2.24) is 20.2 Å². The standard InChI is InChI=1S/C23H40N4O6/c1-15(2)33-21(29)26-9-16(3)27(22(30)31-4)19-6-5-17(7-20(19)26)18-8-24-25(10-18)11-23(12-28)13-32-14-23/h15-20,24,28H,5-14H2,1-4H3/t16-,17?,18?,19?,20?/m0/s1. The predicted molar refractivity (Wildman–Crippen MR) is 120 cm³/mol. The number of hydrogen-bond acceptors (Lipinski definition) is 8. The number of ether oxygens (including phenoxy) is 3. The second-order valence-electron chi connectivity index (χ2n) is 10.7. The molecule has 188 valence electrons. The highest BCUT2D eigenvalue weighted by Crippen LogP contribution is 2.40. The van der Waals surface area contributed by atoms with Gasteiger partial charge in [0.2, 0.25) is 0 Å². The van der Waals surface area contributed by atoms with Crippen molar-refractivity contribution < 1.29 is 28.9 Å². The van der Waals surface area contributed by atoms with Gasteiger partial charge in [-0.1, -0.05) is 0 Å². The van der Waals surface area contributed by atoms with Crippen LogP contribution in [0.2, 0.25) is 0 Å². The van der Waals surface area contributed by atoms with Gasteiger partial charge in [0.25, 0.3) is 0 Å². The van der Waals surface area contributed by atoms with Crippen LogP contribution in [0.3, 0.4) is 0 Å². The van der Waals surface area contributed by atoms with Gasteiger partial charge in [0.15, 0.2) is 0 Å². The molecule has 0 bridgehead atoms. The number of carbonyl (C=O) groups excluding carboxylic acids is 2. The molecule has 0 spiro atoms. The zero-order chi connectivity index (χ0) is 23.8. The summed E-state index contributed by atoms with van der Waals surface area (Å²) in [6, 6.07) is -0.270. The van der Waals surface area contributed by atoms with Crippen molar-refractivity contribution in [2.45, 2.75) is 64.3 Å². The maximum absolute atomic E-state index is 13.0. The van der Waals surface area contributed by atoms with Crippen LogP contribution in [0.4, 0.5) is 9.59 Å². The largest absolute Gasteiger partial charge is 0.453 e. The summed E-state index contributed by atoms with van der Waals surface area (Å²) >= 11 is 0. The fraction of sp³-hybridized carbons (Fsp3) is 0.913. The molecule has 0 aromatic heterocycles. The van der Waals surface area contributed by atoms with E-state index in [4.69, 9.17) is 14.2 Å². The van der Waals surface area contributed by atoms with Gasteiger partial charge in [-0.25, -0.2) is 14.6 Å². The molecule has 3 aliphatic heterocycles. The molecule has 5 atom stereocenters. The molecule has 0 aromatic rings. The van der Waals surface area contributed by atoms with Crippen LogP contribution >= 0.6 is 0 Å². The predicted octanol–water partition coefficient (Wildman–Crippen LogP) is 1.29. The van der Waals surface area contributed by atoms with E-state index in [9.17, 15) is 14.7 Å². The highest BCUT2D eigenvalue weighted by atomic mass is 16.6. The minimum atomic E-state index is -0.321. The first kappa shape index (κ1) is 24.5. The SMILES string of the molecule is COC(=O)N1C2CCC(C3CNN(CC4(CO)COC4)C3)CC2N(C(=O)OC(C)C)C[C@@H]1C. The second-order valence-corrected chi connectivity index (χ2v) is 10.7. The molecule has 10 nitrogen and oxygen atoms in total. The van der Waals surface area contributed by atoms with E-state index >= 15 is 0 Å². The van der Waals surface area contributed by atoms with Gasteiger partial charge in [0, 0.05) is 26.2 Å². The van der Waals surface area contributed by atoms with E-state index in [0.717, 1.165) is 38.9 Å². The lowest BCUT2D eigenvalue weighted by Gasteiger charge is -2.53. The number of aliphatic hydroxyl groups excluding tert-OH is 1. The van der Waals surface area contributed by atoms with E-state index in [0.29, 0.717) is 31.6 Å². The number of nitrogens with one attached hydrogen (secondary N) is 1. The number of piperazine rings is 1. The highest BCUT2D eigenvalue weighted by Gasteiger charge is 2.50. The first-order valence-electron chi connectivity index (χ1n) is 12.3. The molecule has 2 amide bonds. The highest BCUT2D eigenvalue weighted by molar-refractivity contribution is 5.72. The Labute approximate surface area is 196 Å². The van der Waals surface area contributed by atoms with Crippen molar-refractivity contribution in [1.29, 1.82) is 0 Å². The van der Waals surface area contributed by atoms with E-state index in [-0.39, 0.29) is 48.4 Å². The Morgan fingerprint density at radius 1 is 1.15 bits per heavy atom. The van der Waals surface area contributed by atoms with E-state index < -0.39 is 0 Å². The smallest absolute Gasteiger partial charge is 0.410 e. The number of hydrazine groups is 1. The quantitative estimate of drug-likeness (QED) is 0.622. The van der Waals surface area contributed by atoms with Crippen LogP contribution in [0.1, 0.15) is 40.0 Å². The molecule has 3 saturated heterocycles. The number of fused-ring (bicyclic) bond motifs is 1. The maximum Gasteiger partial charge on any atom is 0.410 e. The lowest BCUT2D eigenvalue weighted by atomic mass is 9.73. The fourth-order valence-corrected chi connectivity index (χ4v) is 6.11. The normalized spacial score (nSPS) is 34.1. The van der Waals surface area contributed by atoms with Gasteiger partial charge in [0.05, 0.1) is 56.6 Å². The zero-order valence-corrected chi connectivity index (χ0v) is 20.4. The van der Waals surface area contributed by atoms with Crippen LogP contribution in [0.5, 0.6) is 0 Å². The molecule has 4 rings (SSSR count). The molecule has 10 heteroatoms. The first-order valence-corrected chi connectivity index (χ1v) is 12.3. The van der Waals surface area contributed by atoms with Gasteiger partial charge in [0.1, 0.15) is 0 Å². The van der Waals surface area contributed by atoms with Crippen LogP contribution in [0, 0.1) is 17.3 Å². The van der Waals surface area contributed by atoms with E-state index in [2.05, 4.69) is 10.4 Å². The summed E-state index contributed by atoms with van der Waals surface area (Å²) in [5.41, 5.74) is 3.36. The Balaban J connectivity index is 1.45. The van der Waals surface area contributed by atoms with Crippen molar-refractivity contribution in [2.24, 2.45) is 17.3 Å². The Hall–Kier alpha value is -1.62. The monoisotopic (exact) mass is 468 g/mol. The molecule has 1 aliphatic carbocycles. The number of nitrogens with zero attached hydrogens (tertiary/aromatic N) is 3. The average Bonchev–Trinajstić information content (AvgIpc) is 3.23. The average molecular weight is 469 g/mol. The summed E-state index contributed by atoms with van der Waals surface area (Å²) < 4.78 is 16.0. The lowest BCUT2D eigenvalue weighted by Crippen LogP contribution is -2.67. The third-order valence-electron chi connectivity index (χ3n) is 7.85. The lowest BCUT2D eigenvalue weighted by molar-refractivity contribution is -0.150. The molecule has 1 saturated carbocycles.